The van der Waals surface area contributed by atoms with E-state index in [0.29, 0.717) is 33.8 Å². The molecule has 4 rings (SSSR count). The van der Waals surface area contributed by atoms with Crippen LogP contribution in [-0.4, -0.2) is 33.8 Å². The van der Waals surface area contributed by atoms with Gasteiger partial charge in [-0.2, -0.15) is 5.10 Å². The first-order valence-corrected chi connectivity index (χ1v) is 10.2. The molecule has 0 aliphatic carbocycles. The number of nitrogens with one attached hydrogen (secondary N) is 1. The highest BCUT2D eigenvalue weighted by molar-refractivity contribution is 6.32. The SMILES string of the molecule is CC1CCN(C(=O)Nc2c(-c3ccccc3)nn(-c3ccccc3Cl)c2N)CC1. The van der Waals surface area contributed by atoms with Gasteiger partial charge in [0.25, 0.3) is 0 Å². The second-order valence-electron chi connectivity index (χ2n) is 7.44. The lowest BCUT2D eigenvalue weighted by molar-refractivity contribution is 0.186. The van der Waals surface area contributed by atoms with E-state index in [2.05, 4.69) is 12.2 Å². The zero-order chi connectivity index (χ0) is 20.4. The Hall–Kier alpha value is -2.99. The fourth-order valence-corrected chi connectivity index (χ4v) is 3.77. The molecule has 0 unspecified atom stereocenters. The maximum atomic E-state index is 12.9. The van der Waals surface area contributed by atoms with Crippen molar-refractivity contribution in [2.45, 2.75) is 19.8 Å². The summed E-state index contributed by atoms with van der Waals surface area (Å²) in [4.78, 5) is 14.8. The summed E-state index contributed by atoms with van der Waals surface area (Å²) in [5.74, 6) is 0.989. The lowest BCUT2D eigenvalue weighted by atomic mass is 10.00. The van der Waals surface area contributed by atoms with Crippen molar-refractivity contribution in [2.24, 2.45) is 5.92 Å². The van der Waals surface area contributed by atoms with Crippen molar-refractivity contribution in [1.29, 1.82) is 0 Å². The molecule has 1 fully saturated rings. The van der Waals surface area contributed by atoms with Gasteiger partial charge in [0.05, 0.1) is 10.7 Å². The number of halogens is 1. The number of nitrogens with zero attached hydrogens (tertiary/aromatic N) is 3. The van der Waals surface area contributed by atoms with Gasteiger partial charge in [-0.25, -0.2) is 9.48 Å². The Morgan fingerprint density at radius 3 is 2.45 bits per heavy atom. The molecule has 1 aliphatic heterocycles. The van der Waals surface area contributed by atoms with Gasteiger partial charge in [0.1, 0.15) is 11.4 Å². The third-order valence-corrected chi connectivity index (χ3v) is 5.67. The number of carbonyl (C=O) groups excluding carboxylic acids is 1. The lowest BCUT2D eigenvalue weighted by Gasteiger charge is -2.30. The number of para-hydroxylation sites is 1. The number of anilines is 2. The van der Waals surface area contributed by atoms with Crippen LogP contribution in [0.2, 0.25) is 5.02 Å². The molecule has 0 spiro atoms. The van der Waals surface area contributed by atoms with E-state index in [9.17, 15) is 4.79 Å². The molecule has 1 aliphatic rings. The van der Waals surface area contributed by atoms with E-state index in [0.717, 1.165) is 31.5 Å². The molecule has 0 saturated carbocycles. The minimum absolute atomic E-state index is 0.153. The van der Waals surface area contributed by atoms with Crippen molar-refractivity contribution < 1.29 is 4.79 Å². The molecule has 2 aromatic carbocycles. The average Bonchev–Trinajstić information content (AvgIpc) is 3.05. The maximum Gasteiger partial charge on any atom is 0.322 e. The van der Waals surface area contributed by atoms with Gasteiger partial charge >= 0.3 is 6.03 Å². The molecule has 150 valence electrons. The Bertz CT molecular complexity index is 1010. The van der Waals surface area contributed by atoms with Crippen LogP contribution in [0.3, 0.4) is 0 Å². The number of urea groups is 1. The van der Waals surface area contributed by atoms with Gasteiger partial charge in [-0.05, 0) is 30.9 Å². The number of rotatable bonds is 3. The van der Waals surface area contributed by atoms with Crippen molar-refractivity contribution >= 4 is 29.1 Å². The Kier molecular flexibility index (Phi) is 5.45. The molecular weight excluding hydrogens is 386 g/mol. The van der Waals surface area contributed by atoms with E-state index in [1.807, 2.05) is 53.4 Å². The first kappa shape index (κ1) is 19.3. The van der Waals surface area contributed by atoms with Crippen molar-refractivity contribution in [3.05, 3.63) is 59.6 Å². The van der Waals surface area contributed by atoms with Gasteiger partial charge in [-0.1, -0.05) is 61.0 Å². The van der Waals surface area contributed by atoms with E-state index in [1.165, 1.54) is 0 Å². The normalized spacial score (nSPS) is 14.8. The van der Waals surface area contributed by atoms with Crippen LogP contribution in [0.5, 0.6) is 0 Å². The van der Waals surface area contributed by atoms with Crippen LogP contribution in [0, 0.1) is 5.92 Å². The molecule has 2 heterocycles. The minimum Gasteiger partial charge on any atom is -0.382 e. The smallest absolute Gasteiger partial charge is 0.322 e. The number of carbonyl (C=O) groups is 1. The van der Waals surface area contributed by atoms with Crippen LogP contribution in [0.15, 0.2) is 54.6 Å². The Labute approximate surface area is 175 Å². The summed E-state index contributed by atoms with van der Waals surface area (Å²) >= 11 is 6.37. The number of nitrogen functional groups attached to an aromatic ring is 1. The first-order chi connectivity index (χ1) is 14.0. The van der Waals surface area contributed by atoms with E-state index in [4.69, 9.17) is 22.4 Å². The standard InChI is InChI=1S/C22H24ClN5O/c1-15-11-13-27(14-12-15)22(29)25-20-19(16-7-3-2-4-8-16)26-28(21(20)24)18-10-6-5-9-17(18)23/h2-10,15H,11-14,24H2,1H3,(H,25,29). The number of amides is 2. The van der Waals surface area contributed by atoms with Crippen molar-refractivity contribution in [2.75, 3.05) is 24.1 Å². The van der Waals surface area contributed by atoms with Crippen molar-refractivity contribution in [3.8, 4) is 16.9 Å². The second kappa shape index (κ2) is 8.17. The highest BCUT2D eigenvalue weighted by Crippen LogP contribution is 2.35. The van der Waals surface area contributed by atoms with E-state index in [1.54, 1.807) is 10.7 Å². The van der Waals surface area contributed by atoms with E-state index >= 15 is 0 Å². The van der Waals surface area contributed by atoms with Crippen LogP contribution in [0.4, 0.5) is 16.3 Å². The monoisotopic (exact) mass is 409 g/mol. The van der Waals surface area contributed by atoms with Gasteiger partial charge in [-0.15, -0.1) is 0 Å². The van der Waals surface area contributed by atoms with Crippen LogP contribution in [-0.2, 0) is 0 Å². The van der Waals surface area contributed by atoms with E-state index in [-0.39, 0.29) is 6.03 Å². The molecule has 1 saturated heterocycles. The summed E-state index contributed by atoms with van der Waals surface area (Å²) in [5.41, 5.74) is 9.09. The fourth-order valence-electron chi connectivity index (χ4n) is 3.56. The molecule has 1 aromatic heterocycles. The quantitative estimate of drug-likeness (QED) is 0.636. The summed E-state index contributed by atoms with van der Waals surface area (Å²) < 4.78 is 1.58. The summed E-state index contributed by atoms with van der Waals surface area (Å²) in [5, 5.41) is 8.23. The largest absolute Gasteiger partial charge is 0.382 e. The molecule has 3 N–H and O–H groups in total. The second-order valence-corrected chi connectivity index (χ2v) is 7.85. The maximum absolute atomic E-state index is 12.9. The van der Waals surface area contributed by atoms with Gasteiger partial charge < -0.3 is 16.0 Å². The molecule has 3 aromatic rings. The van der Waals surface area contributed by atoms with Crippen LogP contribution >= 0.6 is 11.6 Å². The van der Waals surface area contributed by atoms with Crippen LogP contribution in [0.1, 0.15) is 19.8 Å². The molecule has 0 bridgehead atoms. The topological polar surface area (TPSA) is 76.2 Å². The third kappa shape index (κ3) is 3.93. The number of likely N-dealkylation sites (tertiary alicyclic amines) is 1. The summed E-state index contributed by atoms with van der Waals surface area (Å²) in [6.45, 7) is 3.70. The molecule has 2 amide bonds. The molecule has 0 radical (unpaired) electrons. The van der Waals surface area contributed by atoms with Crippen LogP contribution in [0.25, 0.3) is 16.9 Å². The summed E-state index contributed by atoms with van der Waals surface area (Å²) in [6, 6.07) is 16.9. The zero-order valence-corrected chi connectivity index (χ0v) is 17.1. The number of hydrogen-bond acceptors (Lipinski definition) is 3. The first-order valence-electron chi connectivity index (χ1n) is 9.79. The number of aromatic nitrogens is 2. The van der Waals surface area contributed by atoms with Gasteiger partial charge in [0.15, 0.2) is 5.82 Å². The molecule has 7 heteroatoms. The molecule has 29 heavy (non-hydrogen) atoms. The average molecular weight is 410 g/mol. The summed E-state index contributed by atoms with van der Waals surface area (Å²) in [7, 11) is 0. The van der Waals surface area contributed by atoms with Gasteiger partial charge in [0.2, 0.25) is 0 Å². The molecule has 6 nitrogen and oxygen atoms in total. The third-order valence-electron chi connectivity index (χ3n) is 5.35. The number of nitrogens with two attached hydrogens (primary N) is 1. The summed E-state index contributed by atoms with van der Waals surface area (Å²) in [6.07, 6.45) is 2.01. The molecule has 0 atom stereocenters. The highest BCUT2D eigenvalue weighted by atomic mass is 35.5. The van der Waals surface area contributed by atoms with Crippen molar-refractivity contribution in [1.82, 2.24) is 14.7 Å². The minimum atomic E-state index is -0.153. The number of benzene rings is 2. The highest BCUT2D eigenvalue weighted by Gasteiger charge is 2.25. The van der Waals surface area contributed by atoms with Gasteiger partial charge in [-0.3, -0.25) is 0 Å². The Morgan fingerprint density at radius 1 is 1.10 bits per heavy atom. The number of hydrogen-bond donors (Lipinski definition) is 2. The van der Waals surface area contributed by atoms with Crippen molar-refractivity contribution in [3.63, 3.8) is 0 Å². The fraction of sp³-hybridized carbons (Fsp3) is 0.273. The number of piperidine rings is 1. The van der Waals surface area contributed by atoms with E-state index < -0.39 is 0 Å². The zero-order valence-electron chi connectivity index (χ0n) is 16.3. The van der Waals surface area contributed by atoms with Crippen LogP contribution < -0.4 is 11.1 Å². The Morgan fingerprint density at radius 2 is 1.76 bits per heavy atom. The Balaban J connectivity index is 1.73. The lowest BCUT2D eigenvalue weighted by Crippen LogP contribution is -2.40. The predicted octanol–water partition coefficient (Wildman–Crippen LogP) is 5.04. The van der Waals surface area contributed by atoms with Gasteiger partial charge in [0, 0.05) is 18.7 Å². The molecular formula is C22H24ClN5O. The predicted molar refractivity (Wildman–Crippen MR) is 117 cm³/mol.